The first-order valence-electron chi connectivity index (χ1n) is 7.17. The van der Waals surface area contributed by atoms with Gasteiger partial charge in [0.15, 0.2) is 5.69 Å². The monoisotopic (exact) mass is 285 g/mol. The minimum Gasteiger partial charge on any atom is -0.497 e. The summed E-state index contributed by atoms with van der Waals surface area (Å²) in [6.45, 7) is 4.77. The van der Waals surface area contributed by atoms with Gasteiger partial charge in [-0.15, -0.1) is 0 Å². The maximum Gasteiger partial charge on any atom is 0.275 e. The van der Waals surface area contributed by atoms with E-state index >= 15 is 0 Å². The molecule has 1 N–H and O–H groups in total. The number of nitrogens with zero attached hydrogens (tertiary/aromatic N) is 2. The van der Waals surface area contributed by atoms with Crippen molar-refractivity contribution in [2.75, 3.05) is 13.7 Å². The van der Waals surface area contributed by atoms with Crippen molar-refractivity contribution in [1.29, 1.82) is 0 Å². The highest BCUT2D eigenvalue weighted by Crippen LogP contribution is 2.39. The maximum atomic E-state index is 12.5. The van der Waals surface area contributed by atoms with Crippen LogP contribution in [0.3, 0.4) is 0 Å². The van der Waals surface area contributed by atoms with Crippen LogP contribution in [0.2, 0.25) is 0 Å². The average Bonchev–Trinajstić information content (AvgIpc) is 3.00. The van der Waals surface area contributed by atoms with Gasteiger partial charge in [-0.2, -0.15) is 5.10 Å². The molecule has 0 saturated carbocycles. The van der Waals surface area contributed by atoms with Crippen LogP contribution in [0.15, 0.2) is 24.3 Å². The minimum atomic E-state index is -0.0582. The van der Waals surface area contributed by atoms with E-state index in [0.717, 1.165) is 35.5 Å². The third-order valence-corrected chi connectivity index (χ3v) is 3.94. The first-order valence-corrected chi connectivity index (χ1v) is 7.17. The van der Waals surface area contributed by atoms with Crippen molar-refractivity contribution in [2.24, 2.45) is 0 Å². The van der Waals surface area contributed by atoms with Gasteiger partial charge in [-0.1, -0.05) is 19.1 Å². The highest BCUT2D eigenvalue weighted by atomic mass is 16.5. The molecular weight excluding hydrogens is 266 g/mol. The van der Waals surface area contributed by atoms with Crippen molar-refractivity contribution in [2.45, 2.75) is 26.3 Å². The van der Waals surface area contributed by atoms with Crippen molar-refractivity contribution in [1.82, 2.24) is 15.1 Å². The van der Waals surface area contributed by atoms with Gasteiger partial charge in [0, 0.05) is 17.8 Å². The molecular formula is C16H19N3O2. The smallest absolute Gasteiger partial charge is 0.275 e. The summed E-state index contributed by atoms with van der Waals surface area (Å²) in [7, 11) is 1.65. The molecule has 3 rings (SSSR count). The Morgan fingerprint density at radius 2 is 2.05 bits per heavy atom. The van der Waals surface area contributed by atoms with Crippen LogP contribution < -0.4 is 4.74 Å². The van der Waals surface area contributed by atoms with E-state index in [4.69, 9.17) is 4.74 Å². The average molecular weight is 285 g/mol. The summed E-state index contributed by atoms with van der Waals surface area (Å²) in [5.41, 5.74) is 3.60. The van der Waals surface area contributed by atoms with Gasteiger partial charge in [-0.05, 0) is 31.0 Å². The summed E-state index contributed by atoms with van der Waals surface area (Å²) < 4.78 is 5.21. The number of aryl methyl sites for hydroxylation is 1. The number of methoxy groups -OCH3 is 1. The molecule has 2 heterocycles. The van der Waals surface area contributed by atoms with E-state index in [-0.39, 0.29) is 11.9 Å². The third-order valence-electron chi connectivity index (χ3n) is 3.94. The summed E-state index contributed by atoms with van der Waals surface area (Å²) in [5, 5.41) is 7.11. The number of H-pyrrole nitrogens is 1. The number of carbonyl (C=O) groups excluding carboxylic acids is 1. The van der Waals surface area contributed by atoms with Gasteiger partial charge in [0.25, 0.3) is 5.91 Å². The molecule has 21 heavy (non-hydrogen) atoms. The minimum absolute atomic E-state index is 0.0111. The highest BCUT2D eigenvalue weighted by molar-refractivity contribution is 5.98. The number of aromatic amines is 1. The summed E-state index contributed by atoms with van der Waals surface area (Å²) in [4.78, 5) is 14.4. The van der Waals surface area contributed by atoms with Gasteiger partial charge in [-0.25, -0.2) is 0 Å². The molecule has 2 aromatic rings. The van der Waals surface area contributed by atoms with Gasteiger partial charge >= 0.3 is 0 Å². The van der Waals surface area contributed by atoms with E-state index in [1.54, 1.807) is 7.11 Å². The Bertz CT molecular complexity index is 661. The molecule has 1 aliphatic rings. The zero-order chi connectivity index (χ0) is 15.0. The Hall–Kier alpha value is -2.30. The number of rotatable bonds is 4. The number of hydrogen-bond acceptors (Lipinski definition) is 3. The summed E-state index contributed by atoms with van der Waals surface area (Å²) in [6, 6.07) is 7.83. The van der Waals surface area contributed by atoms with Crippen LogP contribution in [0.4, 0.5) is 0 Å². The molecule has 0 saturated heterocycles. The van der Waals surface area contributed by atoms with Gasteiger partial charge in [0.2, 0.25) is 0 Å². The van der Waals surface area contributed by atoms with E-state index in [1.165, 1.54) is 0 Å². The van der Waals surface area contributed by atoms with Gasteiger partial charge < -0.3 is 9.64 Å². The second-order valence-electron chi connectivity index (χ2n) is 5.29. The molecule has 0 radical (unpaired) electrons. The third kappa shape index (κ3) is 2.09. The van der Waals surface area contributed by atoms with E-state index in [0.29, 0.717) is 5.69 Å². The SMILES string of the molecule is CCCN1C(=O)c2n[nH]c(C)c2[C@H]1c1ccc(OC)cc1. The van der Waals surface area contributed by atoms with Crippen LogP contribution in [0.5, 0.6) is 5.75 Å². The van der Waals surface area contributed by atoms with Crippen molar-refractivity contribution in [3.05, 3.63) is 46.8 Å². The van der Waals surface area contributed by atoms with Crippen LogP contribution in [0.1, 0.15) is 46.7 Å². The topological polar surface area (TPSA) is 58.2 Å². The molecule has 1 aliphatic heterocycles. The van der Waals surface area contributed by atoms with Crippen LogP contribution in [-0.4, -0.2) is 34.7 Å². The number of nitrogens with one attached hydrogen (secondary N) is 1. The number of fused-ring (bicyclic) bond motifs is 1. The van der Waals surface area contributed by atoms with Crippen molar-refractivity contribution >= 4 is 5.91 Å². The molecule has 5 heteroatoms. The predicted molar refractivity (Wildman–Crippen MR) is 79.5 cm³/mol. The zero-order valence-electron chi connectivity index (χ0n) is 12.5. The molecule has 1 atom stereocenters. The number of amides is 1. The standard InChI is InChI=1S/C16H19N3O2/c1-4-9-19-15(11-5-7-12(21-3)8-6-11)13-10(2)17-18-14(13)16(19)20/h5-8,15H,4,9H2,1-3H3,(H,17,18)/t15-/m1/s1. The Labute approximate surface area is 123 Å². The molecule has 5 nitrogen and oxygen atoms in total. The Kier molecular flexibility index (Phi) is 3.41. The summed E-state index contributed by atoms with van der Waals surface area (Å²) >= 11 is 0. The van der Waals surface area contributed by atoms with Crippen molar-refractivity contribution < 1.29 is 9.53 Å². The first kappa shape index (κ1) is 13.7. The van der Waals surface area contributed by atoms with Gasteiger partial charge in [0.05, 0.1) is 13.2 Å². The molecule has 0 fully saturated rings. The number of benzene rings is 1. The van der Waals surface area contributed by atoms with E-state index in [1.807, 2.05) is 36.1 Å². The van der Waals surface area contributed by atoms with Crippen LogP contribution >= 0.6 is 0 Å². The van der Waals surface area contributed by atoms with Gasteiger partial charge in [0.1, 0.15) is 5.75 Å². The largest absolute Gasteiger partial charge is 0.497 e. The summed E-state index contributed by atoms with van der Waals surface area (Å²) in [6.07, 6.45) is 0.922. The zero-order valence-corrected chi connectivity index (χ0v) is 12.5. The normalized spacial score (nSPS) is 17.2. The first-order chi connectivity index (χ1) is 10.2. The van der Waals surface area contributed by atoms with Crippen molar-refractivity contribution in [3.63, 3.8) is 0 Å². The Morgan fingerprint density at radius 1 is 1.33 bits per heavy atom. The molecule has 0 aliphatic carbocycles. The maximum absolute atomic E-state index is 12.5. The molecule has 0 spiro atoms. The summed E-state index contributed by atoms with van der Waals surface area (Å²) in [5.74, 6) is 0.825. The predicted octanol–water partition coefficient (Wildman–Crippen LogP) is 2.68. The lowest BCUT2D eigenvalue weighted by Gasteiger charge is -2.25. The number of hydrogen-bond donors (Lipinski definition) is 1. The number of carbonyl (C=O) groups is 1. The fraction of sp³-hybridized carbons (Fsp3) is 0.375. The molecule has 1 amide bonds. The van der Waals surface area contributed by atoms with Gasteiger partial charge in [-0.3, -0.25) is 9.89 Å². The molecule has 0 bridgehead atoms. The molecule has 110 valence electrons. The lowest BCUT2D eigenvalue weighted by Crippen LogP contribution is -2.30. The second-order valence-corrected chi connectivity index (χ2v) is 5.29. The van der Waals surface area contributed by atoms with E-state index < -0.39 is 0 Å². The van der Waals surface area contributed by atoms with Crippen LogP contribution in [0.25, 0.3) is 0 Å². The van der Waals surface area contributed by atoms with Crippen molar-refractivity contribution in [3.8, 4) is 5.75 Å². The molecule has 1 aromatic carbocycles. The highest BCUT2D eigenvalue weighted by Gasteiger charge is 2.40. The number of ether oxygens (including phenoxy) is 1. The van der Waals surface area contributed by atoms with Crippen LogP contribution in [0, 0.1) is 6.92 Å². The molecule has 1 aromatic heterocycles. The Morgan fingerprint density at radius 3 is 2.67 bits per heavy atom. The lowest BCUT2D eigenvalue weighted by atomic mass is 9.99. The van der Waals surface area contributed by atoms with E-state index in [9.17, 15) is 4.79 Å². The lowest BCUT2D eigenvalue weighted by molar-refractivity contribution is 0.0743. The fourth-order valence-electron chi connectivity index (χ4n) is 2.95. The van der Waals surface area contributed by atoms with Crippen LogP contribution in [-0.2, 0) is 0 Å². The Balaban J connectivity index is 2.07. The number of aromatic nitrogens is 2. The quantitative estimate of drug-likeness (QED) is 0.939. The molecule has 0 unspecified atom stereocenters. The van der Waals surface area contributed by atoms with E-state index in [2.05, 4.69) is 17.1 Å². The second kappa shape index (κ2) is 5.24. The fourth-order valence-corrected chi connectivity index (χ4v) is 2.95.